The van der Waals surface area contributed by atoms with Gasteiger partial charge in [-0.2, -0.15) is 0 Å². The van der Waals surface area contributed by atoms with Crippen molar-refractivity contribution in [2.45, 2.75) is 13.0 Å². The van der Waals surface area contributed by atoms with Crippen LogP contribution in [0.25, 0.3) is 0 Å². The second-order valence-corrected chi connectivity index (χ2v) is 7.28. The van der Waals surface area contributed by atoms with Gasteiger partial charge in [-0.05, 0) is 37.3 Å². The molecule has 29 heavy (non-hydrogen) atoms. The predicted octanol–water partition coefficient (Wildman–Crippen LogP) is 1.18. The summed E-state index contributed by atoms with van der Waals surface area (Å²) < 4.78 is 24.9. The highest BCUT2D eigenvalue weighted by Gasteiger charge is 2.24. The minimum absolute atomic E-state index is 0.0481. The predicted molar refractivity (Wildman–Crippen MR) is 109 cm³/mol. The highest BCUT2D eigenvalue weighted by molar-refractivity contribution is 5.94. The fraction of sp³-hybridized carbons (Fsp3) is 0.409. The Morgan fingerprint density at radius 3 is 2.59 bits per heavy atom. The van der Waals surface area contributed by atoms with Crippen LogP contribution < -0.4 is 19.3 Å². The summed E-state index contributed by atoms with van der Waals surface area (Å²) in [5.41, 5.74) is 1.18. The molecule has 1 aliphatic rings. The second-order valence-electron chi connectivity index (χ2n) is 7.28. The van der Waals surface area contributed by atoms with E-state index < -0.39 is 6.10 Å². The first-order valence-corrected chi connectivity index (χ1v) is 9.81. The number of hydrogen-bond donors (Lipinski definition) is 2. The first-order chi connectivity index (χ1) is 14.0. The molecular weight excluding hydrogens is 375 g/mol. The third-order valence-electron chi connectivity index (χ3n) is 5.19. The maximum atomic E-state index is 13.9. The molecule has 0 saturated carbocycles. The van der Waals surface area contributed by atoms with E-state index in [4.69, 9.17) is 9.47 Å². The Balaban J connectivity index is 1.48. The number of halogens is 1. The van der Waals surface area contributed by atoms with Crippen molar-refractivity contribution in [3.8, 4) is 11.5 Å². The molecule has 0 spiro atoms. The number of ether oxygens (including phenoxy) is 2. The minimum Gasteiger partial charge on any atom is -0.493 e. The van der Waals surface area contributed by atoms with Gasteiger partial charge in [0.2, 0.25) is 0 Å². The van der Waals surface area contributed by atoms with Gasteiger partial charge in [0.15, 0.2) is 17.3 Å². The fourth-order valence-electron chi connectivity index (χ4n) is 3.56. The molecule has 1 saturated heterocycles. The molecule has 0 bridgehead atoms. The smallest absolute Gasteiger partial charge is 0.161 e. The quantitative estimate of drug-likeness (QED) is 0.649. The number of nitrogens with zero attached hydrogens (tertiary/aromatic N) is 1. The van der Waals surface area contributed by atoms with Gasteiger partial charge in [-0.25, -0.2) is 4.39 Å². The van der Waals surface area contributed by atoms with Crippen LogP contribution in [0.5, 0.6) is 11.5 Å². The molecule has 1 fully saturated rings. The van der Waals surface area contributed by atoms with Gasteiger partial charge < -0.3 is 24.4 Å². The summed E-state index contributed by atoms with van der Waals surface area (Å²) in [6, 6.07) is 11.8. The summed E-state index contributed by atoms with van der Waals surface area (Å²) >= 11 is 0. The number of methoxy groups -OCH3 is 1. The molecule has 7 heteroatoms. The number of aliphatic hydroxyl groups is 1. The number of carbonyl (C=O) groups excluding carboxylic acids is 1. The number of piperazine rings is 1. The molecule has 1 aliphatic heterocycles. The number of hydrogen-bond acceptors (Lipinski definition) is 5. The molecule has 3 rings (SSSR count). The number of rotatable bonds is 8. The van der Waals surface area contributed by atoms with E-state index in [1.54, 1.807) is 30.3 Å². The topological polar surface area (TPSA) is 63.4 Å². The number of aliphatic hydroxyl groups excluding tert-OH is 1. The monoisotopic (exact) mass is 403 g/mol. The van der Waals surface area contributed by atoms with Gasteiger partial charge in [-0.1, -0.05) is 12.1 Å². The number of nitrogens with one attached hydrogen (secondary N) is 1. The van der Waals surface area contributed by atoms with Gasteiger partial charge >= 0.3 is 0 Å². The molecule has 1 atom stereocenters. The Morgan fingerprint density at radius 2 is 1.93 bits per heavy atom. The largest absolute Gasteiger partial charge is 0.493 e. The maximum Gasteiger partial charge on any atom is 0.161 e. The maximum absolute atomic E-state index is 13.9. The third-order valence-corrected chi connectivity index (χ3v) is 5.19. The first kappa shape index (κ1) is 21.1. The van der Waals surface area contributed by atoms with Crippen LogP contribution in [-0.2, 0) is 0 Å². The van der Waals surface area contributed by atoms with Gasteiger partial charge in [0.25, 0.3) is 0 Å². The van der Waals surface area contributed by atoms with Crippen molar-refractivity contribution in [2.24, 2.45) is 0 Å². The Hall–Kier alpha value is -2.64. The van der Waals surface area contributed by atoms with E-state index in [1.165, 1.54) is 25.0 Å². The SMILES string of the molecule is COc1cc(C(C)=O)ccc1OC[C@H](O)C[NH+]1CCN(c2ccccc2F)CC1. The molecule has 0 amide bonds. The lowest BCUT2D eigenvalue weighted by molar-refractivity contribution is -0.903. The fourth-order valence-corrected chi connectivity index (χ4v) is 3.56. The average Bonchev–Trinajstić information content (AvgIpc) is 2.73. The van der Waals surface area contributed by atoms with Crippen LogP contribution in [0, 0.1) is 5.82 Å². The summed E-state index contributed by atoms with van der Waals surface area (Å²) in [5, 5.41) is 10.4. The van der Waals surface area contributed by atoms with Crippen molar-refractivity contribution in [1.29, 1.82) is 0 Å². The lowest BCUT2D eigenvalue weighted by Gasteiger charge is -2.34. The zero-order valence-electron chi connectivity index (χ0n) is 16.9. The van der Waals surface area contributed by atoms with Crippen LogP contribution in [0.2, 0.25) is 0 Å². The summed E-state index contributed by atoms with van der Waals surface area (Å²) in [6.45, 7) is 5.31. The van der Waals surface area contributed by atoms with E-state index in [-0.39, 0.29) is 18.2 Å². The number of quaternary nitrogens is 1. The zero-order chi connectivity index (χ0) is 20.8. The Morgan fingerprint density at radius 1 is 1.21 bits per heavy atom. The Labute approximate surface area is 170 Å². The minimum atomic E-state index is -0.637. The molecule has 6 nitrogen and oxygen atoms in total. The highest BCUT2D eigenvalue weighted by atomic mass is 19.1. The summed E-state index contributed by atoms with van der Waals surface area (Å²) in [5.74, 6) is 0.716. The molecule has 2 aromatic rings. The number of carbonyl (C=O) groups is 1. The van der Waals surface area contributed by atoms with Crippen LogP contribution in [0.1, 0.15) is 17.3 Å². The van der Waals surface area contributed by atoms with Gasteiger partial charge in [-0.3, -0.25) is 4.79 Å². The van der Waals surface area contributed by atoms with Crippen molar-refractivity contribution >= 4 is 11.5 Å². The van der Waals surface area contributed by atoms with Crippen molar-refractivity contribution in [3.05, 3.63) is 53.8 Å². The van der Waals surface area contributed by atoms with Crippen molar-refractivity contribution in [3.63, 3.8) is 0 Å². The van der Waals surface area contributed by atoms with Crippen molar-refractivity contribution in [1.82, 2.24) is 0 Å². The molecule has 0 aliphatic carbocycles. The van der Waals surface area contributed by atoms with E-state index in [9.17, 15) is 14.3 Å². The number of anilines is 1. The van der Waals surface area contributed by atoms with E-state index in [1.807, 2.05) is 11.0 Å². The standard InChI is InChI=1S/C22H27FN2O4/c1-16(26)17-7-8-21(22(13-17)28-2)29-15-18(27)14-24-9-11-25(12-10-24)20-6-4-3-5-19(20)23/h3-8,13,18,27H,9-12,14-15H2,1-2H3/p+1/t18-/m1/s1. The molecule has 0 aromatic heterocycles. The van der Waals surface area contributed by atoms with Crippen molar-refractivity contribution in [2.75, 3.05) is 51.3 Å². The third kappa shape index (κ3) is 5.46. The van der Waals surface area contributed by atoms with E-state index in [2.05, 4.69) is 0 Å². The highest BCUT2D eigenvalue weighted by Crippen LogP contribution is 2.28. The van der Waals surface area contributed by atoms with Crippen LogP contribution >= 0.6 is 0 Å². The lowest BCUT2D eigenvalue weighted by atomic mass is 10.1. The van der Waals surface area contributed by atoms with Gasteiger partial charge in [0.1, 0.15) is 25.1 Å². The number of para-hydroxylation sites is 1. The Kier molecular flexibility index (Phi) is 7.06. The summed E-state index contributed by atoms with van der Waals surface area (Å²) in [7, 11) is 1.52. The molecule has 2 aromatic carbocycles. The molecule has 0 unspecified atom stereocenters. The number of Topliss-reactive ketones (excluding diaryl/α,β-unsaturated/α-hetero) is 1. The first-order valence-electron chi connectivity index (χ1n) is 9.81. The van der Waals surface area contributed by atoms with Gasteiger partial charge in [-0.15, -0.1) is 0 Å². The van der Waals surface area contributed by atoms with Crippen LogP contribution in [-0.4, -0.2) is 63.4 Å². The lowest BCUT2D eigenvalue weighted by Crippen LogP contribution is -3.16. The van der Waals surface area contributed by atoms with E-state index >= 15 is 0 Å². The Bertz CT molecular complexity index is 837. The van der Waals surface area contributed by atoms with Crippen LogP contribution in [0.4, 0.5) is 10.1 Å². The van der Waals surface area contributed by atoms with E-state index in [0.717, 1.165) is 26.2 Å². The normalized spacial score (nSPS) is 15.8. The molecule has 1 heterocycles. The van der Waals surface area contributed by atoms with Crippen LogP contribution in [0.15, 0.2) is 42.5 Å². The summed E-state index contributed by atoms with van der Waals surface area (Å²) in [4.78, 5) is 14.8. The second kappa shape index (κ2) is 9.71. The average molecular weight is 403 g/mol. The molecular formula is C22H28FN2O4+. The van der Waals surface area contributed by atoms with Crippen molar-refractivity contribution < 1.29 is 28.7 Å². The van der Waals surface area contributed by atoms with E-state index in [0.29, 0.717) is 29.3 Å². The number of ketones is 1. The molecule has 156 valence electrons. The van der Waals surface area contributed by atoms with Gasteiger partial charge in [0, 0.05) is 5.56 Å². The van der Waals surface area contributed by atoms with Crippen LogP contribution in [0.3, 0.4) is 0 Å². The number of benzene rings is 2. The molecule has 0 radical (unpaired) electrons. The zero-order valence-corrected chi connectivity index (χ0v) is 16.9. The summed E-state index contributed by atoms with van der Waals surface area (Å²) in [6.07, 6.45) is -0.637. The molecule has 2 N–H and O–H groups in total. The van der Waals surface area contributed by atoms with Gasteiger partial charge in [0.05, 0.1) is 39.0 Å².